The van der Waals surface area contributed by atoms with Gasteiger partial charge in [0, 0.05) is 53.2 Å². The highest BCUT2D eigenvalue weighted by Gasteiger charge is 2.16. The molecule has 0 bridgehead atoms. The van der Waals surface area contributed by atoms with Crippen molar-refractivity contribution in [2.45, 2.75) is 6.92 Å². The van der Waals surface area contributed by atoms with Crippen LogP contribution >= 0.6 is 27.3 Å². The molecule has 11 heteroatoms. The molecule has 36 heavy (non-hydrogen) atoms. The highest BCUT2D eigenvalue weighted by Crippen LogP contribution is 2.36. The maximum atomic E-state index is 12.5. The number of methoxy groups -OCH3 is 1. The standard InChI is InChI=1S/C25H21BrN6O3S/c1-14-10-15(4-5-17(14)26)29-24-30-18-12-22(21(34-3)13-20(18)32(24)2)35-16-6-7-27-19(11-16)23(33)31-25-28-8-9-36-25/h4-13H,1-3H3,(H,29,30)(H,28,31,33). The van der Waals surface area contributed by atoms with Crippen molar-refractivity contribution >= 4 is 61.0 Å². The van der Waals surface area contributed by atoms with E-state index < -0.39 is 0 Å². The van der Waals surface area contributed by atoms with E-state index in [1.807, 2.05) is 48.9 Å². The fourth-order valence-electron chi connectivity index (χ4n) is 3.57. The van der Waals surface area contributed by atoms with Gasteiger partial charge in [0.1, 0.15) is 11.4 Å². The molecular weight excluding hydrogens is 544 g/mol. The van der Waals surface area contributed by atoms with Crippen molar-refractivity contribution in [3.8, 4) is 17.2 Å². The number of fused-ring (bicyclic) bond motifs is 1. The zero-order chi connectivity index (χ0) is 25.2. The van der Waals surface area contributed by atoms with E-state index in [0.717, 1.165) is 26.8 Å². The maximum absolute atomic E-state index is 12.5. The summed E-state index contributed by atoms with van der Waals surface area (Å²) in [6.07, 6.45) is 3.13. The fourth-order valence-corrected chi connectivity index (χ4v) is 4.35. The first-order valence-corrected chi connectivity index (χ1v) is 12.5. The molecule has 0 spiro atoms. The van der Waals surface area contributed by atoms with Crippen LogP contribution in [0, 0.1) is 6.92 Å². The summed E-state index contributed by atoms with van der Waals surface area (Å²) in [5.41, 5.74) is 3.84. The summed E-state index contributed by atoms with van der Waals surface area (Å²) < 4.78 is 14.7. The number of rotatable bonds is 7. The van der Waals surface area contributed by atoms with Gasteiger partial charge in [-0.05, 0) is 36.8 Å². The number of carbonyl (C=O) groups excluding carboxylic acids is 1. The molecule has 0 unspecified atom stereocenters. The predicted molar refractivity (Wildman–Crippen MR) is 144 cm³/mol. The molecule has 3 heterocycles. The van der Waals surface area contributed by atoms with Crippen LogP contribution in [-0.4, -0.2) is 32.5 Å². The molecule has 0 saturated carbocycles. The monoisotopic (exact) mass is 564 g/mol. The predicted octanol–water partition coefficient (Wildman–Crippen LogP) is 6.29. The average Bonchev–Trinajstić information content (AvgIpc) is 3.49. The van der Waals surface area contributed by atoms with Crippen molar-refractivity contribution in [3.05, 3.63) is 76.0 Å². The van der Waals surface area contributed by atoms with Gasteiger partial charge < -0.3 is 19.4 Å². The van der Waals surface area contributed by atoms with E-state index in [-0.39, 0.29) is 11.6 Å². The molecule has 9 nitrogen and oxygen atoms in total. The number of halogens is 1. The Kier molecular flexibility index (Phi) is 6.57. The molecule has 0 radical (unpaired) electrons. The number of nitrogens with one attached hydrogen (secondary N) is 2. The normalized spacial score (nSPS) is 10.9. The Morgan fingerprint density at radius 1 is 1.08 bits per heavy atom. The Labute approximate surface area is 219 Å². The summed E-state index contributed by atoms with van der Waals surface area (Å²) in [5, 5.41) is 8.36. The lowest BCUT2D eigenvalue weighted by Gasteiger charge is -2.11. The van der Waals surface area contributed by atoms with Crippen LogP contribution in [0.15, 0.2) is 64.7 Å². The number of benzene rings is 2. The SMILES string of the molecule is COc1cc2c(cc1Oc1ccnc(C(=O)Nc3nccs3)c1)nc(Nc1ccc(Br)c(C)c1)n2C. The molecule has 5 aromatic rings. The molecule has 182 valence electrons. The third-order valence-electron chi connectivity index (χ3n) is 5.42. The van der Waals surface area contributed by atoms with Crippen LogP contribution in [-0.2, 0) is 7.05 Å². The number of aromatic nitrogens is 4. The van der Waals surface area contributed by atoms with E-state index in [9.17, 15) is 4.79 Å². The first-order chi connectivity index (χ1) is 17.4. The molecule has 0 aliphatic carbocycles. The number of imidazole rings is 1. The van der Waals surface area contributed by atoms with Crippen molar-refractivity contribution in [2.24, 2.45) is 7.05 Å². The number of pyridine rings is 1. The van der Waals surface area contributed by atoms with Crippen LogP contribution in [0.4, 0.5) is 16.8 Å². The van der Waals surface area contributed by atoms with Gasteiger partial charge in [-0.3, -0.25) is 15.1 Å². The van der Waals surface area contributed by atoms with Gasteiger partial charge in [0.15, 0.2) is 16.6 Å². The number of amides is 1. The number of hydrogen-bond donors (Lipinski definition) is 2. The van der Waals surface area contributed by atoms with Gasteiger partial charge in [0.05, 0.1) is 18.1 Å². The zero-order valence-electron chi connectivity index (χ0n) is 19.6. The molecule has 0 atom stereocenters. The van der Waals surface area contributed by atoms with Gasteiger partial charge in [-0.2, -0.15) is 0 Å². The minimum absolute atomic E-state index is 0.205. The van der Waals surface area contributed by atoms with E-state index in [1.165, 1.54) is 17.5 Å². The van der Waals surface area contributed by atoms with Crippen molar-refractivity contribution in [3.63, 3.8) is 0 Å². The Balaban J connectivity index is 1.42. The highest BCUT2D eigenvalue weighted by atomic mass is 79.9. The summed E-state index contributed by atoms with van der Waals surface area (Å²) in [6.45, 7) is 2.03. The largest absolute Gasteiger partial charge is 0.493 e. The van der Waals surface area contributed by atoms with E-state index in [1.54, 1.807) is 30.8 Å². The lowest BCUT2D eigenvalue weighted by Crippen LogP contribution is -2.13. The Hall–Kier alpha value is -3.96. The van der Waals surface area contributed by atoms with E-state index in [4.69, 9.17) is 14.5 Å². The number of hydrogen-bond acceptors (Lipinski definition) is 8. The van der Waals surface area contributed by atoms with Gasteiger partial charge in [-0.15, -0.1) is 11.3 Å². The molecule has 5 rings (SSSR count). The molecule has 2 N–H and O–H groups in total. The van der Waals surface area contributed by atoms with Crippen molar-refractivity contribution in [1.29, 1.82) is 0 Å². The third kappa shape index (κ3) is 4.88. The van der Waals surface area contributed by atoms with Gasteiger partial charge in [-0.1, -0.05) is 15.9 Å². The topological polar surface area (TPSA) is 103 Å². The second-order valence-corrected chi connectivity index (χ2v) is 9.59. The van der Waals surface area contributed by atoms with Gasteiger partial charge >= 0.3 is 0 Å². The quantitative estimate of drug-likeness (QED) is 0.239. The first kappa shape index (κ1) is 23.8. The molecular formula is C25H21BrN6O3S. The van der Waals surface area contributed by atoms with Crippen LogP contribution in [0.5, 0.6) is 17.2 Å². The zero-order valence-corrected chi connectivity index (χ0v) is 22.0. The summed E-state index contributed by atoms with van der Waals surface area (Å²) in [7, 11) is 3.51. The van der Waals surface area contributed by atoms with Gasteiger partial charge in [0.2, 0.25) is 5.95 Å². The van der Waals surface area contributed by atoms with E-state index in [2.05, 4.69) is 36.5 Å². The lowest BCUT2D eigenvalue weighted by molar-refractivity contribution is 0.102. The fraction of sp³-hybridized carbons (Fsp3) is 0.120. The van der Waals surface area contributed by atoms with Crippen molar-refractivity contribution in [1.82, 2.24) is 19.5 Å². The first-order valence-electron chi connectivity index (χ1n) is 10.8. The molecule has 0 fully saturated rings. The van der Waals surface area contributed by atoms with E-state index in [0.29, 0.717) is 28.3 Å². The summed E-state index contributed by atoms with van der Waals surface area (Å²) in [4.78, 5) is 25.5. The number of ether oxygens (including phenoxy) is 2. The molecule has 0 saturated heterocycles. The number of nitrogens with zero attached hydrogens (tertiary/aromatic N) is 4. The molecule has 2 aromatic carbocycles. The smallest absolute Gasteiger partial charge is 0.276 e. The van der Waals surface area contributed by atoms with Crippen LogP contribution in [0.2, 0.25) is 0 Å². The molecule has 1 amide bonds. The number of carbonyl (C=O) groups is 1. The highest BCUT2D eigenvalue weighted by molar-refractivity contribution is 9.10. The second-order valence-electron chi connectivity index (χ2n) is 7.85. The minimum atomic E-state index is -0.374. The van der Waals surface area contributed by atoms with E-state index >= 15 is 0 Å². The summed E-state index contributed by atoms with van der Waals surface area (Å²) in [6, 6.07) is 12.9. The molecule has 3 aromatic heterocycles. The minimum Gasteiger partial charge on any atom is -0.493 e. The Bertz CT molecular complexity index is 1570. The van der Waals surface area contributed by atoms with Gasteiger partial charge in [-0.25, -0.2) is 9.97 Å². The van der Waals surface area contributed by atoms with Crippen molar-refractivity contribution in [2.75, 3.05) is 17.7 Å². The summed E-state index contributed by atoms with van der Waals surface area (Å²) >= 11 is 4.86. The van der Waals surface area contributed by atoms with Crippen LogP contribution in [0.1, 0.15) is 16.1 Å². The van der Waals surface area contributed by atoms with Crippen LogP contribution in [0.25, 0.3) is 11.0 Å². The maximum Gasteiger partial charge on any atom is 0.276 e. The molecule has 0 aliphatic rings. The number of anilines is 3. The lowest BCUT2D eigenvalue weighted by atomic mass is 10.2. The summed E-state index contributed by atoms with van der Waals surface area (Å²) in [5.74, 6) is 1.73. The van der Waals surface area contributed by atoms with Crippen molar-refractivity contribution < 1.29 is 14.3 Å². The number of aryl methyl sites for hydroxylation is 2. The number of thiazole rings is 1. The van der Waals surface area contributed by atoms with Crippen LogP contribution in [0.3, 0.4) is 0 Å². The second kappa shape index (κ2) is 9.96. The van der Waals surface area contributed by atoms with Crippen LogP contribution < -0.4 is 20.1 Å². The van der Waals surface area contributed by atoms with Gasteiger partial charge in [0.25, 0.3) is 5.91 Å². The Morgan fingerprint density at radius 2 is 1.94 bits per heavy atom. The molecule has 0 aliphatic heterocycles. The Morgan fingerprint density at radius 3 is 2.69 bits per heavy atom. The average molecular weight is 565 g/mol. The third-order valence-corrected chi connectivity index (χ3v) is 7.00.